The fraction of sp³-hybridized carbons (Fsp3) is 0.310. The Morgan fingerprint density at radius 2 is 1.51 bits per heavy atom. The Bertz CT molecular complexity index is 1080. The van der Waals surface area contributed by atoms with E-state index < -0.39 is 6.04 Å². The predicted molar refractivity (Wildman–Crippen MR) is 149 cm³/mol. The molecule has 0 aliphatic carbocycles. The molecule has 3 aromatic rings. The zero-order valence-corrected chi connectivity index (χ0v) is 22.7. The molecule has 3 rings (SSSR count). The molecule has 0 aliphatic heterocycles. The summed E-state index contributed by atoms with van der Waals surface area (Å²) in [5, 5.41) is 3.04. The number of halogens is 1. The minimum Gasteiger partial charge on any atom is -0.352 e. The topological polar surface area (TPSA) is 49.4 Å². The summed E-state index contributed by atoms with van der Waals surface area (Å²) < 4.78 is 0.951. The van der Waals surface area contributed by atoms with Gasteiger partial charge in [0.05, 0.1) is 0 Å². The van der Waals surface area contributed by atoms with Crippen molar-refractivity contribution in [3.8, 4) is 0 Å². The Labute approximate surface area is 221 Å². The lowest BCUT2D eigenvalue weighted by atomic mass is 10.0. The molecule has 0 bridgehead atoms. The third-order valence-corrected chi connectivity index (χ3v) is 7.04. The number of nitrogens with zero attached hydrogens (tertiary/aromatic N) is 1. The van der Waals surface area contributed by atoms with Crippen LogP contribution in [0.4, 0.5) is 0 Å². The van der Waals surface area contributed by atoms with E-state index in [-0.39, 0.29) is 17.9 Å². The summed E-state index contributed by atoms with van der Waals surface area (Å²) in [4.78, 5) is 28.7. The van der Waals surface area contributed by atoms with Crippen molar-refractivity contribution in [1.82, 2.24) is 10.2 Å². The van der Waals surface area contributed by atoms with E-state index in [0.717, 1.165) is 21.4 Å². The Hall–Kier alpha value is -2.57. The Kier molecular flexibility index (Phi) is 10.9. The van der Waals surface area contributed by atoms with Gasteiger partial charge in [0.1, 0.15) is 6.04 Å². The van der Waals surface area contributed by atoms with Crippen LogP contribution >= 0.6 is 27.7 Å². The van der Waals surface area contributed by atoms with Crippen LogP contribution in [-0.2, 0) is 28.3 Å². The predicted octanol–water partition coefficient (Wildman–Crippen LogP) is 6.24. The Balaban J connectivity index is 1.79. The van der Waals surface area contributed by atoms with E-state index in [1.807, 2.05) is 86.6 Å². The van der Waals surface area contributed by atoms with Crippen LogP contribution in [-0.4, -0.2) is 34.6 Å². The number of hydrogen-bond acceptors (Lipinski definition) is 3. The minimum atomic E-state index is -0.592. The summed E-state index contributed by atoms with van der Waals surface area (Å²) in [5.41, 5.74) is 3.26. The SMILES string of the molecule is CC(C)NC(=O)C(Cc1ccccc1)N(Cc1cccc(Br)c1)C(=O)CCSCc1ccccc1. The van der Waals surface area contributed by atoms with Crippen molar-refractivity contribution in [3.05, 3.63) is 106 Å². The molecular weight excluding hydrogens is 520 g/mol. The zero-order valence-electron chi connectivity index (χ0n) is 20.3. The van der Waals surface area contributed by atoms with Crippen molar-refractivity contribution in [3.63, 3.8) is 0 Å². The van der Waals surface area contributed by atoms with Gasteiger partial charge in [-0.2, -0.15) is 11.8 Å². The van der Waals surface area contributed by atoms with E-state index in [9.17, 15) is 9.59 Å². The molecule has 1 atom stereocenters. The lowest BCUT2D eigenvalue weighted by molar-refractivity contribution is -0.141. The molecule has 0 fully saturated rings. The first-order valence-electron chi connectivity index (χ1n) is 11.9. The van der Waals surface area contributed by atoms with Gasteiger partial charge < -0.3 is 10.2 Å². The highest BCUT2D eigenvalue weighted by Crippen LogP contribution is 2.20. The molecule has 2 amide bonds. The summed E-state index contributed by atoms with van der Waals surface area (Å²) in [5.74, 6) is 1.43. The van der Waals surface area contributed by atoms with E-state index in [1.54, 1.807) is 16.7 Å². The summed E-state index contributed by atoms with van der Waals surface area (Å²) in [7, 11) is 0. The van der Waals surface area contributed by atoms with Crippen LogP contribution < -0.4 is 5.32 Å². The second-order valence-electron chi connectivity index (χ2n) is 8.81. The maximum atomic E-state index is 13.6. The third-order valence-electron chi connectivity index (χ3n) is 5.52. The van der Waals surface area contributed by atoms with Gasteiger partial charge in [0.2, 0.25) is 11.8 Å². The van der Waals surface area contributed by atoms with Crippen LogP contribution in [0.25, 0.3) is 0 Å². The van der Waals surface area contributed by atoms with Gasteiger partial charge in [0, 0.05) is 41.4 Å². The molecule has 35 heavy (non-hydrogen) atoms. The maximum Gasteiger partial charge on any atom is 0.243 e. The molecule has 0 saturated heterocycles. The molecule has 4 nitrogen and oxygen atoms in total. The fourth-order valence-electron chi connectivity index (χ4n) is 3.83. The minimum absolute atomic E-state index is 0.00891. The maximum absolute atomic E-state index is 13.6. The second-order valence-corrected chi connectivity index (χ2v) is 10.8. The number of thioether (sulfide) groups is 1. The molecule has 0 aliphatic rings. The monoisotopic (exact) mass is 552 g/mol. The van der Waals surface area contributed by atoms with Gasteiger partial charge in [-0.3, -0.25) is 9.59 Å². The quantitative estimate of drug-likeness (QED) is 0.270. The van der Waals surface area contributed by atoms with E-state index in [1.165, 1.54) is 5.56 Å². The highest BCUT2D eigenvalue weighted by atomic mass is 79.9. The number of carbonyl (C=O) groups is 2. The van der Waals surface area contributed by atoms with Crippen LogP contribution in [0.1, 0.15) is 37.0 Å². The molecule has 0 aromatic heterocycles. The van der Waals surface area contributed by atoms with E-state index in [4.69, 9.17) is 0 Å². The molecule has 1 unspecified atom stereocenters. The molecule has 3 aromatic carbocycles. The van der Waals surface area contributed by atoms with Gasteiger partial charge in [-0.1, -0.05) is 88.7 Å². The third kappa shape index (κ3) is 9.19. The molecule has 184 valence electrons. The van der Waals surface area contributed by atoms with Crippen LogP contribution in [0.5, 0.6) is 0 Å². The zero-order chi connectivity index (χ0) is 25.0. The van der Waals surface area contributed by atoms with Crippen LogP contribution in [0.15, 0.2) is 89.4 Å². The van der Waals surface area contributed by atoms with Gasteiger partial charge in [0.15, 0.2) is 0 Å². The molecule has 0 heterocycles. The Morgan fingerprint density at radius 3 is 2.14 bits per heavy atom. The van der Waals surface area contributed by atoms with E-state index >= 15 is 0 Å². The summed E-state index contributed by atoms with van der Waals surface area (Å²) in [6.45, 7) is 4.26. The van der Waals surface area contributed by atoms with Crippen LogP contribution in [0, 0.1) is 0 Å². The van der Waals surface area contributed by atoms with Crippen LogP contribution in [0.3, 0.4) is 0 Å². The fourth-order valence-corrected chi connectivity index (χ4v) is 5.17. The molecular formula is C29H33BrN2O2S. The highest BCUT2D eigenvalue weighted by molar-refractivity contribution is 9.10. The number of nitrogens with one attached hydrogen (secondary N) is 1. The number of hydrogen-bond donors (Lipinski definition) is 1. The Morgan fingerprint density at radius 1 is 0.886 bits per heavy atom. The van der Waals surface area contributed by atoms with Crippen molar-refractivity contribution in [1.29, 1.82) is 0 Å². The van der Waals surface area contributed by atoms with Crippen molar-refractivity contribution < 1.29 is 9.59 Å². The summed E-state index contributed by atoms with van der Waals surface area (Å²) >= 11 is 5.27. The van der Waals surface area contributed by atoms with Gasteiger partial charge >= 0.3 is 0 Å². The van der Waals surface area contributed by atoms with Crippen molar-refractivity contribution in [2.45, 2.75) is 51.1 Å². The van der Waals surface area contributed by atoms with Gasteiger partial charge in [0.25, 0.3) is 0 Å². The smallest absolute Gasteiger partial charge is 0.243 e. The molecule has 1 N–H and O–H groups in total. The first-order chi connectivity index (χ1) is 16.9. The van der Waals surface area contributed by atoms with Crippen molar-refractivity contribution in [2.24, 2.45) is 0 Å². The van der Waals surface area contributed by atoms with Crippen LogP contribution in [0.2, 0.25) is 0 Å². The van der Waals surface area contributed by atoms with Crippen molar-refractivity contribution in [2.75, 3.05) is 5.75 Å². The second kappa shape index (κ2) is 14.1. The largest absolute Gasteiger partial charge is 0.352 e. The summed E-state index contributed by atoms with van der Waals surface area (Å²) in [6, 6.07) is 27.5. The number of rotatable bonds is 12. The number of carbonyl (C=O) groups excluding carboxylic acids is 2. The lowest BCUT2D eigenvalue weighted by Gasteiger charge is -2.32. The number of amides is 2. The normalized spacial score (nSPS) is 11.8. The molecule has 0 saturated carbocycles. The first-order valence-corrected chi connectivity index (χ1v) is 13.9. The average Bonchev–Trinajstić information content (AvgIpc) is 2.85. The van der Waals surface area contributed by atoms with Gasteiger partial charge in [-0.05, 0) is 42.7 Å². The van der Waals surface area contributed by atoms with E-state index in [2.05, 4.69) is 33.4 Å². The standard InChI is InChI=1S/C29H33BrN2O2S/c1-22(2)31-29(34)27(19-23-10-5-3-6-11-23)32(20-25-14-9-15-26(30)18-25)28(33)16-17-35-21-24-12-7-4-8-13-24/h3-15,18,22,27H,16-17,19-21H2,1-2H3,(H,31,34). The molecule has 0 spiro atoms. The first kappa shape index (κ1) is 27.0. The molecule has 0 radical (unpaired) electrons. The molecule has 6 heteroatoms. The summed E-state index contributed by atoms with van der Waals surface area (Å²) in [6.07, 6.45) is 0.849. The lowest BCUT2D eigenvalue weighted by Crippen LogP contribution is -2.51. The highest BCUT2D eigenvalue weighted by Gasteiger charge is 2.30. The number of benzene rings is 3. The average molecular weight is 554 g/mol. The van der Waals surface area contributed by atoms with E-state index in [0.29, 0.717) is 25.1 Å². The van der Waals surface area contributed by atoms with Gasteiger partial charge in [-0.25, -0.2) is 0 Å². The van der Waals surface area contributed by atoms with Crippen molar-refractivity contribution >= 4 is 39.5 Å². The van der Waals surface area contributed by atoms with Gasteiger partial charge in [-0.15, -0.1) is 0 Å².